The minimum atomic E-state index is 0.487. The Morgan fingerprint density at radius 2 is 1.92 bits per heavy atom. The average molecular weight is 162 g/mol. The summed E-state index contributed by atoms with van der Waals surface area (Å²) in [6, 6.07) is 9.91. The van der Waals surface area contributed by atoms with Crippen LogP contribution in [0.5, 0.6) is 0 Å². The largest absolute Gasteiger partial charge is 0.279 e. The molecule has 1 rings (SSSR count). The van der Waals surface area contributed by atoms with Crippen molar-refractivity contribution in [2.45, 2.75) is 13.8 Å². The number of nitrogens with zero attached hydrogens (tertiary/aromatic N) is 1. The fourth-order valence-electron chi connectivity index (χ4n) is 0.774. The summed E-state index contributed by atoms with van der Waals surface area (Å²) in [7, 11) is 0. The van der Waals surface area contributed by atoms with Crippen LogP contribution in [0.3, 0.4) is 0 Å². The van der Waals surface area contributed by atoms with Crippen LogP contribution in [0.4, 0.5) is 5.69 Å². The lowest BCUT2D eigenvalue weighted by Gasteiger charge is -1.98. The topological polar surface area (TPSA) is 24.4 Å². The quantitative estimate of drug-likeness (QED) is 0.536. The van der Waals surface area contributed by atoms with Crippen molar-refractivity contribution in [2.75, 3.05) is 5.43 Å². The van der Waals surface area contributed by atoms with E-state index < -0.39 is 0 Å². The Balaban J connectivity index is 2.43. The zero-order valence-corrected chi connectivity index (χ0v) is 7.49. The number of nitrogens with one attached hydrogen (secondary N) is 1. The zero-order chi connectivity index (χ0) is 8.81. The lowest BCUT2D eigenvalue weighted by Crippen LogP contribution is -1.93. The smallest absolute Gasteiger partial charge is 0.0561 e. The lowest BCUT2D eigenvalue weighted by molar-refractivity contribution is 0.904. The van der Waals surface area contributed by atoms with Crippen molar-refractivity contribution in [1.82, 2.24) is 0 Å². The van der Waals surface area contributed by atoms with E-state index >= 15 is 0 Å². The van der Waals surface area contributed by atoms with Crippen molar-refractivity contribution in [3.63, 3.8) is 0 Å². The molecule has 0 radical (unpaired) electrons. The molecule has 0 heterocycles. The predicted molar refractivity (Wildman–Crippen MR) is 53.4 cm³/mol. The standard InChI is InChI=1S/C10H14N2/c1-9(2)8-11-12-10-6-4-3-5-7-10/h3-9,12H,1-2H3/b11-8+. The molecule has 2 nitrogen and oxygen atoms in total. The maximum atomic E-state index is 4.07. The Hall–Kier alpha value is -1.31. The molecule has 0 aliphatic rings. The van der Waals surface area contributed by atoms with Gasteiger partial charge in [0.25, 0.3) is 0 Å². The van der Waals surface area contributed by atoms with E-state index in [9.17, 15) is 0 Å². The Morgan fingerprint density at radius 1 is 1.25 bits per heavy atom. The minimum absolute atomic E-state index is 0.487. The first-order valence-corrected chi connectivity index (χ1v) is 4.13. The first kappa shape index (κ1) is 8.78. The van der Waals surface area contributed by atoms with Gasteiger partial charge in [0.1, 0.15) is 0 Å². The Morgan fingerprint density at radius 3 is 2.50 bits per heavy atom. The highest BCUT2D eigenvalue weighted by Crippen LogP contribution is 2.03. The summed E-state index contributed by atoms with van der Waals surface area (Å²) in [5.74, 6) is 0.487. The summed E-state index contributed by atoms with van der Waals surface area (Å²) in [6.45, 7) is 4.19. The molecule has 0 fully saturated rings. The summed E-state index contributed by atoms with van der Waals surface area (Å²) in [4.78, 5) is 0. The van der Waals surface area contributed by atoms with Crippen molar-refractivity contribution < 1.29 is 0 Å². The van der Waals surface area contributed by atoms with E-state index in [1.807, 2.05) is 36.5 Å². The van der Waals surface area contributed by atoms with Crippen LogP contribution in [0.1, 0.15) is 13.8 Å². The molecular weight excluding hydrogens is 148 g/mol. The van der Waals surface area contributed by atoms with Crippen LogP contribution in [0, 0.1) is 5.92 Å². The van der Waals surface area contributed by atoms with E-state index in [0.717, 1.165) is 5.69 Å². The van der Waals surface area contributed by atoms with E-state index in [-0.39, 0.29) is 0 Å². The second-order valence-corrected chi connectivity index (χ2v) is 3.00. The molecule has 0 bridgehead atoms. The molecule has 1 N–H and O–H groups in total. The fraction of sp³-hybridized carbons (Fsp3) is 0.300. The number of para-hydroxylation sites is 1. The molecule has 2 heteroatoms. The van der Waals surface area contributed by atoms with Gasteiger partial charge in [-0.25, -0.2) is 0 Å². The lowest BCUT2D eigenvalue weighted by atomic mass is 10.3. The van der Waals surface area contributed by atoms with Crippen LogP contribution < -0.4 is 5.43 Å². The first-order chi connectivity index (χ1) is 5.79. The third-order valence-electron chi connectivity index (χ3n) is 1.34. The maximum absolute atomic E-state index is 4.07. The van der Waals surface area contributed by atoms with Crippen LogP contribution in [-0.2, 0) is 0 Å². The van der Waals surface area contributed by atoms with Gasteiger partial charge in [0, 0.05) is 6.21 Å². The molecule has 0 aliphatic heterocycles. The van der Waals surface area contributed by atoms with Crippen molar-refractivity contribution in [1.29, 1.82) is 0 Å². The monoisotopic (exact) mass is 162 g/mol. The molecule has 0 spiro atoms. The molecule has 12 heavy (non-hydrogen) atoms. The van der Waals surface area contributed by atoms with Crippen LogP contribution >= 0.6 is 0 Å². The SMILES string of the molecule is CC(C)/C=N/Nc1ccccc1. The van der Waals surface area contributed by atoms with Crippen LogP contribution in [0.2, 0.25) is 0 Å². The highest BCUT2D eigenvalue weighted by molar-refractivity contribution is 5.61. The summed E-state index contributed by atoms with van der Waals surface area (Å²) in [6.07, 6.45) is 1.88. The van der Waals surface area contributed by atoms with E-state index in [1.165, 1.54) is 0 Å². The second kappa shape index (κ2) is 4.54. The van der Waals surface area contributed by atoms with Gasteiger partial charge >= 0.3 is 0 Å². The van der Waals surface area contributed by atoms with Gasteiger partial charge in [-0.2, -0.15) is 5.10 Å². The summed E-state index contributed by atoms with van der Waals surface area (Å²) in [5, 5.41) is 4.07. The molecule has 0 amide bonds. The number of hydrogen-bond donors (Lipinski definition) is 1. The summed E-state index contributed by atoms with van der Waals surface area (Å²) in [5.41, 5.74) is 3.97. The van der Waals surface area contributed by atoms with Crippen molar-refractivity contribution in [2.24, 2.45) is 11.0 Å². The molecular formula is C10H14N2. The Labute approximate surface area is 73.3 Å². The van der Waals surface area contributed by atoms with Gasteiger partial charge in [0.15, 0.2) is 0 Å². The number of hydrazone groups is 1. The van der Waals surface area contributed by atoms with E-state index in [0.29, 0.717) is 5.92 Å². The predicted octanol–water partition coefficient (Wildman–Crippen LogP) is 2.74. The second-order valence-electron chi connectivity index (χ2n) is 3.00. The molecule has 64 valence electrons. The molecule has 1 aromatic rings. The van der Waals surface area contributed by atoms with Crippen molar-refractivity contribution in [3.8, 4) is 0 Å². The molecule has 0 saturated heterocycles. The van der Waals surface area contributed by atoms with Crippen LogP contribution in [0.15, 0.2) is 35.4 Å². The average Bonchev–Trinajstić information content (AvgIpc) is 2.05. The van der Waals surface area contributed by atoms with E-state index in [4.69, 9.17) is 0 Å². The molecule has 0 aromatic heterocycles. The maximum Gasteiger partial charge on any atom is 0.0561 e. The van der Waals surface area contributed by atoms with Gasteiger partial charge in [0.2, 0.25) is 0 Å². The highest BCUT2D eigenvalue weighted by atomic mass is 15.3. The zero-order valence-electron chi connectivity index (χ0n) is 7.49. The third kappa shape index (κ3) is 3.19. The third-order valence-corrected chi connectivity index (χ3v) is 1.34. The summed E-state index contributed by atoms with van der Waals surface area (Å²) >= 11 is 0. The van der Waals surface area contributed by atoms with Gasteiger partial charge in [-0.3, -0.25) is 5.43 Å². The van der Waals surface area contributed by atoms with E-state index in [2.05, 4.69) is 24.4 Å². The minimum Gasteiger partial charge on any atom is -0.279 e. The highest BCUT2D eigenvalue weighted by Gasteiger charge is 1.85. The molecule has 0 aliphatic carbocycles. The molecule has 0 unspecified atom stereocenters. The van der Waals surface area contributed by atoms with E-state index in [1.54, 1.807) is 0 Å². The number of hydrogen-bond acceptors (Lipinski definition) is 2. The number of anilines is 1. The van der Waals surface area contributed by atoms with Crippen LogP contribution in [0.25, 0.3) is 0 Å². The number of benzene rings is 1. The Kier molecular flexibility index (Phi) is 3.33. The summed E-state index contributed by atoms with van der Waals surface area (Å²) < 4.78 is 0. The molecule has 0 saturated carbocycles. The fourth-order valence-corrected chi connectivity index (χ4v) is 0.774. The van der Waals surface area contributed by atoms with Crippen molar-refractivity contribution in [3.05, 3.63) is 30.3 Å². The molecule has 1 aromatic carbocycles. The van der Waals surface area contributed by atoms with Crippen LogP contribution in [-0.4, -0.2) is 6.21 Å². The van der Waals surface area contributed by atoms with Gasteiger partial charge in [-0.15, -0.1) is 0 Å². The number of rotatable bonds is 3. The van der Waals surface area contributed by atoms with Gasteiger partial charge in [-0.1, -0.05) is 32.0 Å². The van der Waals surface area contributed by atoms with Crippen molar-refractivity contribution >= 4 is 11.9 Å². The first-order valence-electron chi connectivity index (χ1n) is 4.13. The Bertz CT molecular complexity index is 239. The van der Waals surface area contributed by atoms with Gasteiger partial charge in [-0.05, 0) is 18.1 Å². The normalized spacial score (nSPS) is 10.9. The van der Waals surface area contributed by atoms with Gasteiger partial charge in [0.05, 0.1) is 5.69 Å². The van der Waals surface area contributed by atoms with Gasteiger partial charge < -0.3 is 0 Å². The molecule has 0 atom stereocenters.